The van der Waals surface area contributed by atoms with E-state index in [-0.39, 0.29) is 5.97 Å². The zero-order chi connectivity index (χ0) is 8.91. The molecule has 11 heavy (non-hydrogen) atoms. The molecular formula is C8H17NO2. The predicted molar refractivity (Wildman–Crippen MR) is 44.1 cm³/mol. The number of hydrogen-bond acceptors (Lipinski definition) is 3. The second-order valence-corrected chi connectivity index (χ2v) is 3.43. The third-order valence-corrected chi connectivity index (χ3v) is 1.17. The summed E-state index contributed by atoms with van der Waals surface area (Å²) in [4.78, 5) is 11.1. The fraction of sp³-hybridized carbons (Fsp3) is 0.875. The minimum absolute atomic E-state index is 0.168. The zero-order valence-corrected chi connectivity index (χ0v) is 7.73. The second-order valence-electron chi connectivity index (χ2n) is 3.43. The third kappa shape index (κ3) is 4.79. The molecule has 0 aliphatic rings. The van der Waals surface area contributed by atoms with Crippen LogP contribution in [0.2, 0.25) is 0 Å². The smallest absolute Gasteiger partial charge is 0.312 e. The highest BCUT2D eigenvalue weighted by Gasteiger charge is 2.22. The molecule has 1 N–H and O–H groups in total. The van der Waals surface area contributed by atoms with Gasteiger partial charge in [-0.25, -0.2) is 0 Å². The molecule has 0 saturated heterocycles. The van der Waals surface area contributed by atoms with E-state index in [1.54, 1.807) is 0 Å². The molecular weight excluding hydrogens is 142 g/mol. The highest BCUT2D eigenvalue weighted by atomic mass is 16.5. The van der Waals surface area contributed by atoms with Crippen molar-refractivity contribution in [1.82, 2.24) is 5.32 Å². The molecule has 0 spiro atoms. The first-order chi connectivity index (χ1) is 4.98. The van der Waals surface area contributed by atoms with Crippen LogP contribution in [0.15, 0.2) is 0 Å². The van der Waals surface area contributed by atoms with Gasteiger partial charge in [0.1, 0.15) is 6.73 Å². The molecule has 0 amide bonds. The molecule has 0 aliphatic heterocycles. The van der Waals surface area contributed by atoms with E-state index in [1.165, 1.54) is 0 Å². The first-order valence-electron chi connectivity index (χ1n) is 3.86. The van der Waals surface area contributed by atoms with E-state index in [9.17, 15) is 4.79 Å². The van der Waals surface area contributed by atoms with Crippen LogP contribution in [0, 0.1) is 5.41 Å². The molecule has 0 bridgehead atoms. The Hall–Kier alpha value is -0.570. The molecule has 0 saturated carbocycles. The maximum absolute atomic E-state index is 11.1. The molecule has 0 rings (SSSR count). The van der Waals surface area contributed by atoms with Gasteiger partial charge in [0.05, 0.1) is 5.41 Å². The summed E-state index contributed by atoms with van der Waals surface area (Å²) in [5.74, 6) is -0.168. The Balaban J connectivity index is 3.54. The van der Waals surface area contributed by atoms with E-state index >= 15 is 0 Å². The van der Waals surface area contributed by atoms with Gasteiger partial charge in [0, 0.05) is 0 Å². The molecule has 0 aliphatic carbocycles. The van der Waals surface area contributed by atoms with E-state index in [4.69, 9.17) is 4.74 Å². The molecule has 0 fully saturated rings. The minimum atomic E-state index is -0.393. The van der Waals surface area contributed by atoms with Gasteiger partial charge in [0.2, 0.25) is 0 Å². The van der Waals surface area contributed by atoms with Gasteiger partial charge in [-0.1, -0.05) is 6.92 Å². The summed E-state index contributed by atoms with van der Waals surface area (Å²) in [5, 5.41) is 2.91. The molecule has 66 valence electrons. The van der Waals surface area contributed by atoms with Gasteiger partial charge < -0.3 is 4.74 Å². The monoisotopic (exact) mass is 159 g/mol. The van der Waals surface area contributed by atoms with Crippen LogP contribution in [0.1, 0.15) is 27.7 Å². The van der Waals surface area contributed by atoms with Crippen LogP contribution in [0.5, 0.6) is 0 Å². The number of carbonyl (C=O) groups is 1. The van der Waals surface area contributed by atoms with Gasteiger partial charge in [0.15, 0.2) is 0 Å². The van der Waals surface area contributed by atoms with Gasteiger partial charge >= 0.3 is 5.97 Å². The Morgan fingerprint density at radius 1 is 1.45 bits per heavy atom. The number of carbonyl (C=O) groups excluding carboxylic acids is 1. The summed E-state index contributed by atoms with van der Waals surface area (Å²) in [6, 6.07) is 0. The minimum Gasteiger partial charge on any atom is -0.449 e. The van der Waals surface area contributed by atoms with Crippen LogP contribution in [-0.4, -0.2) is 19.2 Å². The topological polar surface area (TPSA) is 38.3 Å². The third-order valence-electron chi connectivity index (χ3n) is 1.17. The lowest BCUT2D eigenvalue weighted by Crippen LogP contribution is -2.28. The van der Waals surface area contributed by atoms with Gasteiger partial charge in [-0.15, -0.1) is 0 Å². The van der Waals surface area contributed by atoms with Crippen LogP contribution >= 0.6 is 0 Å². The SMILES string of the molecule is CCNCOC(=O)C(C)(C)C. The first kappa shape index (κ1) is 10.4. The van der Waals surface area contributed by atoms with Crippen LogP contribution in [0.4, 0.5) is 0 Å². The highest BCUT2D eigenvalue weighted by molar-refractivity contribution is 5.75. The zero-order valence-electron chi connectivity index (χ0n) is 7.73. The number of hydrogen-bond donors (Lipinski definition) is 1. The molecule has 3 nitrogen and oxygen atoms in total. The van der Waals surface area contributed by atoms with Crippen LogP contribution < -0.4 is 5.32 Å². The van der Waals surface area contributed by atoms with Crippen molar-refractivity contribution in [3.05, 3.63) is 0 Å². The summed E-state index contributed by atoms with van der Waals surface area (Å²) < 4.78 is 4.90. The molecule has 0 atom stereocenters. The van der Waals surface area contributed by atoms with Crippen LogP contribution in [0.25, 0.3) is 0 Å². The predicted octanol–water partition coefficient (Wildman–Crippen LogP) is 1.14. The van der Waals surface area contributed by atoms with E-state index in [2.05, 4.69) is 5.32 Å². The molecule has 0 radical (unpaired) electrons. The lowest BCUT2D eigenvalue weighted by Gasteiger charge is -2.16. The Morgan fingerprint density at radius 2 is 2.00 bits per heavy atom. The van der Waals surface area contributed by atoms with Crippen molar-refractivity contribution in [2.24, 2.45) is 5.41 Å². The Morgan fingerprint density at radius 3 is 2.36 bits per heavy atom. The fourth-order valence-corrected chi connectivity index (χ4v) is 0.435. The summed E-state index contributed by atoms with van der Waals surface area (Å²) in [6.07, 6.45) is 0. The molecule has 0 aromatic carbocycles. The molecule has 0 aromatic heterocycles. The average molecular weight is 159 g/mol. The quantitative estimate of drug-likeness (QED) is 0.381. The number of ether oxygens (including phenoxy) is 1. The van der Waals surface area contributed by atoms with Gasteiger partial charge in [0.25, 0.3) is 0 Å². The van der Waals surface area contributed by atoms with Crippen LogP contribution in [0.3, 0.4) is 0 Å². The summed E-state index contributed by atoms with van der Waals surface area (Å²) in [5.41, 5.74) is -0.393. The molecule has 3 heteroatoms. The molecule has 0 aromatic rings. The lowest BCUT2D eigenvalue weighted by molar-refractivity contribution is -0.153. The lowest BCUT2D eigenvalue weighted by atomic mass is 9.98. The van der Waals surface area contributed by atoms with Crippen molar-refractivity contribution < 1.29 is 9.53 Å². The Kier molecular flexibility index (Phi) is 4.11. The Labute approximate surface area is 68.1 Å². The summed E-state index contributed by atoms with van der Waals surface area (Å²) >= 11 is 0. The van der Waals surface area contributed by atoms with E-state index in [1.807, 2.05) is 27.7 Å². The number of rotatable bonds is 3. The summed E-state index contributed by atoms with van der Waals surface area (Å²) in [6.45, 7) is 8.60. The van der Waals surface area contributed by atoms with E-state index in [0.29, 0.717) is 6.73 Å². The van der Waals surface area contributed by atoms with Gasteiger partial charge in [-0.05, 0) is 27.3 Å². The van der Waals surface area contributed by atoms with Crippen molar-refractivity contribution in [2.75, 3.05) is 13.3 Å². The van der Waals surface area contributed by atoms with E-state index in [0.717, 1.165) is 6.54 Å². The molecule has 0 unspecified atom stereocenters. The van der Waals surface area contributed by atoms with Crippen LogP contribution in [-0.2, 0) is 9.53 Å². The number of nitrogens with one attached hydrogen (secondary N) is 1. The van der Waals surface area contributed by atoms with Crippen molar-refractivity contribution in [3.8, 4) is 0 Å². The van der Waals surface area contributed by atoms with E-state index < -0.39 is 5.41 Å². The maximum Gasteiger partial charge on any atom is 0.312 e. The highest BCUT2D eigenvalue weighted by Crippen LogP contribution is 2.14. The average Bonchev–Trinajstić information content (AvgIpc) is 1.86. The standard InChI is InChI=1S/C8H17NO2/c1-5-9-6-11-7(10)8(2,3)4/h9H,5-6H2,1-4H3. The van der Waals surface area contributed by atoms with Crippen molar-refractivity contribution in [2.45, 2.75) is 27.7 Å². The Bertz CT molecular complexity index is 127. The van der Waals surface area contributed by atoms with Crippen molar-refractivity contribution in [1.29, 1.82) is 0 Å². The van der Waals surface area contributed by atoms with Gasteiger partial charge in [-0.2, -0.15) is 0 Å². The van der Waals surface area contributed by atoms with Crippen molar-refractivity contribution >= 4 is 5.97 Å². The fourth-order valence-electron chi connectivity index (χ4n) is 0.435. The van der Waals surface area contributed by atoms with Gasteiger partial charge in [-0.3, -0.25) is 10.1 Å². The van der Waals surface area contributed by atoms with Crippen molar-refractivity contribution in [3.63, 3.8) is 0 Å². The molecule has 0 heterocycles. The first-order valence-corrected chi connectivity index (χ1v) is 3.86. The maximum atomic E-state index is 11.1. The largest absolute Gasteiger partial charge is 0.449 e. The normalized spacial score (nSPS) is 11.3. The summed E-state index contributed by atoms with van der Waals surface area (Å²) in [7, 11) is 0. The number of esters is 1. The second kappa shape index (κ2) is 4.34.